The topological polar surface area (TPSA) is 41.0 Å². The summed E-state index contributed by atoms with van der Waals surface area (Å²) in [6, 6.07) is 2.63. The SMILES string of the molecule is CNCC1CCCCN1c1nc(C)cc(C(C)C)n1. The Morgan fingerprint density at radius 1 is 1.37 bits per heavy atom. The average Bonchev–Trinajstić information content (AvgIpc) is 2.39. The Bertz CT molecular complexity index is 415. The first-order chi connectivity index (χ1) is 9.11. The summed E-state index contributed by atoms with van der Waals surface area (Å²) < 4.78 is 0. The first kappa shape index (κ1) is 14.3. The Labute approximate surface area is 116 Å². The van der Waals surface area contributed by atoms with Gasteiger partial charge in [0.1, 0.15) is 0 Å². The highest BCUT2D eigenvalue weighted by atomic mass is 15.3. The van der Waals surface area contributed by atoms with Gasteiger partial charge in [-0.2, -0.15) is 0 Å². The van der Waals surface area contributed by atoms with Gasteiger partial charge in [-0.1, -0.05) is 13.8 Å². The van der Waals surface area contributed by atoms with Gasteiger partial charge in [0.25, 0.3) is 0 Å². The highest BCUT2D eigenvalue weighted by Crippen LogP contribution is 2.23. The fraction of sp³-hybridized carbons (Fsp3) is 0.733. The van der Waals surface area contributed by atoms with Crippen LogP contribution in [0.1, 0.15) is 50.4 Å². The van der Waals surface area contributed by atoms with Crippen molar-refractivity contribution in [1.29, 1.82) is 0 Å². The summed E-state index contributed by atoms with van der Waals surface area (Å²) in [5.74, 6) is 1.37. The summed E-state index contributed by atoms with van der Waals surface area (Å²) in [7, 11) is 2.02. The van der Waals surface area contributed by atoms with Crippen LogP contribution in [-0.4, -0.2) is 36.1 Å². The lowest BCUT2D eigenvalue weighted by Gasteiger charge is -2.36. The van der Waals surface area contributed by atoms with E-state index in [0.717, 1.165) is 30.4 Å². The van der Waals surface area contributed by atoms with Crippen molar-refractivity contribution < 1.29 is 0 Å². The number of piperidine rings is 1. The molecule has 1 aromatic rings. The maximum atomic E-state index is 4.78. The molecule has 1 aliphatic heterocycles. The number of aromatic nitrogens is 2. The molecule has 1 saturated heterocycles. The minimum Gasteiger partial charge on any atom is -0.337 e. The zero-order valence-corrected chi connectivity index (χ0v) is 12.6. The van der Waals surface area contributed by atoms with Gasteiger partial charge in [-0.25, -0.2) is 9.97 Å². The van der Waals surface area contributed by atoms with E-state index in [0.29, 0.717) is 12.0 Å². The Kier molecular flexibility index (Phi) is 4.75. The molecule has 2 rings (SSSR count). The van der Waals surface area contributed by atoms with Crippen molar-refractivity contribution in [3.63, 3.8) is 0 Å². The van der Waals surface area contributed by atoms with Gasteiger partial charge in [-0.3, -0.25) is 0 Å². The molecule has 1 N–H and O–H groups in total. The van der Waals surface area contributed by atoms with Crippen LogP contribution in [0, 0.1) is 6.92 Å². The van der Waals surface area contributed by atoms with E-state index in [1.807, 2.05) is 7.05 Å². The fourth-order valence-electron chi connectivity index (χ4n) is 2.71. The van der Waals surface area contributed by atoms with Gasteiger partial charge in [-0.05, 0) is 45.2 Å². The van der Waals surface area contributed by atoms with Gasteiger partial charge in [0.15, 0.2) is 0 Å². The van der Waals surface area contributed by atoms with Gasteiger partial charge < -0.3 is 10.2 Å². The maximum Gasteiger partial charge on any atom is 0.226 e. The standard InChI is InChI=1S/C15H26N4/c1-11(2)14-9-12(3)17-15(18-14)19-8-6-5-7-13(19)10-16-4/h9,11,13,16H,5-8,10H2,1-4H3. The van der Waals surface area contributed by atoms with Crippen molar-refractivity contribution in [2.24, 2.45) is 0 Å². The van der Waals surface area contributed by atoms with E-state index < -0.39 is 0 Å². The third-order valence-electron chi connectivity index (χ3n) is 3.78. The second-order valence-electron chi connectivity index (χ2n) is 5.79. The molecule has 0 bridgehead atoms. The minimum absolute atomic E-state index is 0.452. The molecule has 4 nitrogen and oxygen atoms in total. The van der Waals surface area contributed by atoms with Crippen LogP contribution in [0.15, 0.2) is 6.07 Å². The monoisotopic (exact) mass is 262 g/mol. The normalized spacial score (nSPS) is 20.1. The first-order valence-corrected chi connectivity index (χ1v) is 7.38. The third kappa shape index (κ3) is 3.44. The smallest absolute Gasteiger partial charge is 0.226 e. The second-order valence-corrected chi connectivity index (χ2v) is 5.79. The van der Waals surface area contributed by atoms with Gasteiger partial charge in [-0.15, -0.1) is 0 Å². The Morgan fingerprint density at radius 3 is 2.84 bits per heavy atom. The van der Waals surface area contributed by atoms with Crippen molar-refractivity contribution in [1.82, 2.24) is 15.3 Å². The van der Waals surface area contributed by atoms with E-state index in [2.05, 4.69) is 42.0 Å². The summed E-state index contributed by atoms with van der Waals surface area (Å²) in [5, 5.41) is 3.29. The molecule has 0 amide bonds. The quantitative estimate of drug-likeness (QED) is 0.905. The molecule has 2 heterocycles. The molecule has 19 heavy (non-hydrogen) atoms. The molecule has 4 heteroatoms. The molecule has 0 aliphatic carbocycles. The third-order valence-corrected chi connectivity index (χ3v) is 3.78. The zero-order chi connectivity index (χ0) is 13.8. The molecule has 106 valence electrons. The fourth-order valence-corrected chi connectivity index (χ4v) is 2.71. The largest absolute Gasteiger partial charge is 0.337 e. The van der Waals surface area contributed by atoms with Crippen molar-refractivity contribution >= 4 is 5.95 Å². The molecule has 1 aliphatic rings. The lowest BCUT2D eigenvalue weighted by atomic mass is 10.0. The number of aryl methyl sites for hydroxylation is 1. The van der Waals surface area contributed by atoms with Gasteiger partial charge in [0, 0.05) is 30.5 Å². The van der Waals surface area contributed by atoms with Gasteiger partial charge >= 0.3 is 0 Å². The molecule has 1 atom stereocenters. The first-order valence-electron chi connectivity index (χ1n) is 7.38. The molecule has 1 aromatic heterocycles. The molecule has 0 spiro atoms. The van der Waals surface area contributed by atoms with Crippen molar-refractivity contribution in [3.05, 3.63) is 17.5 Å². The molecule has 1 fully saturated rings. The highest BCUT2D eigenvalue weighted by Gasteiger charge is 2.24. The molecule has 0 radical (unpaired) electrons. The summed E-state index contributed by atoms with van der Waals surface area (Å²) in [6.07, 6.45) is 3.79. The number of rotatable bonds is 4. The van der Waals surface area contributed by atoms with Crippen LogP contribution >= 0.6 is 0 Å². The van der Waals surface area contributed by atoms with E-state index in [1.165, 1.54) is 19.3 Å². The second kappa shape index (κ2) is 6.33. The molecule has 0 aromatic carbocycles. The van der Waals surface area contributed by atoms with Crippen LogP contribution in [0.2, 0.25) is 0 Å². The lowest BCUT2D eigenvalue weighted by Crippen LogP contribution is -2.46. The summed E-state index contributed by atoms with van der Waals surface area (Å²) in [6.45, 7) is 8.52. The van der Waals surface area contributed by atoms with Crippen molar-refractivity contribution in [3.8, 4) is 0 Å². The van der Waals surface area contributed by atoms with Crippen LogP contribution in [0.4, 0.5) is 5.95 Å². The van der Waals surface area contributed by atoms with Crippen LogP contribution in [0.25, 0.3) is 0 Å². The predicted molar refractivity (Wildman–Crippen MR) is 79.8 cm³/mol. The number of anilines is 1. The van der Waals surface area contributed by atoms with E-state index in [4.69, 9.17) is 4.98 Å². The Hall–Kier alpha value is -1.16. The maximum absolute atomic E-state index is 4.78. The van der Waals surface area contributed by atoms with E-state index in [1.54, 1.807) is 0 Å². The number of hydrogen-bond acceptors (Lipinski definition) is 4. The summed E-state index contributed by atoms with van der Waals surface area (Å²) in [5.41, 5.74) is 2.22. The van der Waals surface area contributed by atoms with Gasteiger partial charge in [0.05, 0.1) is 0 Å². The van der Waals surface area contributed by atoms with Gasteiger partial charge in [0.2, 0.25) is 5.95 Å². The minimum atomic E-state index is 0.452. The van der Waals surface area contributed by atoms with E-state index in [9.17, 15) is 0 Å². The van der Waals surface area contributed by atoms with Crippen molar-refractivity contribution in [2.45, 2.75) is 52.0 Å². The summed E-state index contributed by atoms with van der Waals surface area (Å²) in [4.78, 5) is 11.8. The van der Waals surface area contributed by atoms with Crippen molar-refractivity contribution in [2.75, 3.05) is 25.0 Å². The van der Waals surface area contributed by atoms with Crippen LogP contribution in [-0.2, 0) is 0 Å². The molecular weight excluding hydrogens is 236 g/mol. The Morgan fingerprint density at radius 2 is 2.16 bits per heavy atom. The van der Waals surface area contributed by atoms with E-state index in [-0.39, 0.29) is 0 Å². The lowest BCUT2D eigenvalue weighted by molar-refractivity contribution is 0.439. The summed E-state index contributed by atoms with van der Waals surface area (Å²) >= 11 is 0. The predicted octanol–water partition coefficient (Wildman–Crippen LogP) is 2.49. The molecular formula is C15H26N4. The number of nitrogens with one attached hydrogen (secondary N) is 1. The molecule has 0 saturated carbocycles. The van der Waals surface area contributed by atoms with Crippen LogP contribution in [0.5, 0.6) is 0 Å². The number of nitrogens with zero attached hydrogens (tertiary/aromatic N) is 3. The highest BCUT2D eigenvalue weighted by molar-refractivity contribution is 5.35. The molecule has 1 unspecified atom stereocenters. The number of hydrogen-bond donors (Lipinski definition) is 1. The number of likely N-dealkylation sites (N-methyl/N-ethyl adjacent to an activating group) is 1. The van der Waals surface area contributed by atoms with E-state index >= 15 is 0 Å². The Balaban J connectivity index is 2.27. The van der Waals surface area contributed by atoms with Crippen LogP contribution in [0.3, 0.4) is 0 Å². The van der Waals surface area contributed by atoms with Crippen LogP contribution < -0.4 is 10.2 Å². The zero-order valence-electron chi connectivity index (χ0n) is 12.6. The average molecular weight is 262 g/mol.